The van der Waals surface area contributed by atoms with Crippen LogP contribution in [-0.4, -0.2) is 23.3 Å². The predicted molar refractivity (Wildman–Crippen MR) is 106 cm³/mol. The number of hydrogen-bond acceptors (Lipinski definition) is 5. The zero-order valence-corrected chi connectivity index (χ0v) is 16.5. The van der Waals surface area contributed by atoms with Gasteiger partial charge in [0.25, 0.3) is 0 Å². The molecule has 0 atom stereocenters. The van der Waals surface area contributed by atoms with E-state index in [1.165, 1.54) is 11.3 Å². The van der Waals surface area contributed by atoms with E-state index in [4.69, 9.17) is 0 Å². The molecule has 1 aromatic heterocycles. The average Bonchev–Trinajstić information content (AvgIpc) is 2.99. The van der Waals surface area contributed by atoms with Crippen molar-refractivity contribution in [2.24, 2.45) is 5.41 Å². The Morgan fingerprint density at radius 1 is 1.19 bits per heavy atom. The fourth-order valence-electron chi connectivity index (χ4n) is 2.13. The molecule has 26 heavy (non-hydrogen) atoms. The first kappa shape index (κ1) is 20.1. The molecule has 0 fully saturated rings. The summed E-state index contributed by atoms with van der Waals surface area (Å²) in [6.07, 6.45) is 0.166. The Morgan fingerprint density at radius 2 is 1.96 bits per heavy atom. The molecule has 140 valence electrons. The van der Waals surface area contributed by atoms with Gasteiger partial charge in [-0.15, -0.1) is 11.3 Å². The normalized spacial score (nSPS) is 11.2. The summed E-state index contributed by atoms with van der Waals surface area (Å²) in [6.45, 7) is 9.24. The summed E-state index contributed by atoms with van der Waals surface area (Å²) in [5.41, 5.74) is 2.04. The van der Waals surface area contributed by atoms with Gasteiger partial charge in [-0.2, -0.15) is 0 Å². The fraction of sp³-hybridized carbons (Fsp3) is 0.421. The maximum Gasteiger partial charge on any atom is 0.231 e. The maximum absolute atomic E-state index is 12.2. The van der Waals surface area contributed by atoms with Crippen LogP contribution in [0.5, 0.6) is 0 Å². The lowest BCUT2D eigenvalue weighted by Crippen LogP contribution is -2.27. The van der Waals surface area contributed by atoms with Gasteiger partial charge in [-0.05, 0) is 24.2 Å². The van der Waals surface area contributed by atoms with Crippen LogP contribution in [0.2, 0.25) is 0 Å². The van der Waals surface area contributed by atoms with Gasteiger partial charge in [-0.3, -0.25) is 9.59 Å². The molecular weight excluding hydrogens is 348 g/mol. The van der Waals surface area contributed by atoms with Crippen molar-refractivity contribution >= 4 is 34.0 Å². The van der Waals surface area contributed by atoms with Crippen LogP contribution in [0.4, 0.5) is 10.8 Å². The third-order valence-electron chi connectivity index (χ3n) is 3.58. The number of thiazole rings is 1. The summed E-state index contributed by atoms with van der Waals surface area (Å²) < 4.78 is 0. The SMILES string of the molecule is CCNCc1cccc(NC(=O)Cc2csc(NC(=O)C(C)(C)C)n2)c1. The van der Waals surface area contributed by atoms with Gasteiger partial charge in [0.05, 0.1) is 12.1 Å². The Kier molecular flexibility index (Phi) is 6.88. The minimum atomic E-state index is -0.485. The molecule has 0 unspecified atom stereocenters. The number of amides is 2. The third-order valence-corrected chi connectivity index (χ3v) is 4.39. The highest BCUT2D eigenvalue weighted by Crippen LogP contribution is 2.21. The molecule has 0 bridgehead atoms. The number of nitrogens with one attached hydrogen (secondary N) is 3. The van der Waals surface area contributed by atoms with Crippen LogP contribution in [-0.2, 0) is 22.6 Å². The maximum atomic E-state index is 12.2. The Bertz CT molecular complexity index is 765. The second-order valence-corrected chi connectivity index (χ2v) is 7.91. The van der Waals surface area contributed by atoms with Crippen molar-refractivity contribution < 1.29 is 9.59 Å². The molecule has 2 aromatic rings. The highest BCUT2D eigenvalue weighted by molar-refractivity contribution is 7.13. The van der Waals surface area contributed by atoms with Crippen LogP contribution in [0.25, 0.3) is 0 Å². The molecule has 2 rings (SSSR count). The molecule has 0 radical (unpaired) electrons. The summed E-state index contributed by atoms with van der Waals surface area (Å²) >= 11 is 1.32. The number of carbonyl (C=O) groups is 2. The molecule has 0 aliphatic rings. The molecule has 2 amide bonds. The summed E-state index contributed by atoms with van der Waals surface area (Å²) in [5, 5.41) is 11.2. The van der Waals surface area contributed by atoms with E-state index in [-0.39, 0.29) is 18.2 Å². The minimum Gasteiger partial charge on any atom is -0.326 e. The molecule has 0 saturated heterocycles. The zero-order chi connectivity index (χ0) is 19.2. The molecule has 1 heterocycles. The smallest absolute Gasteiger partial charge is 0.231 e. The average molecular weight is 375 g/mol. The second kappa shape index (κ2) is 8.91. The molecule has 0 aliphatic heterocycles. The van der Waals surface area contributed by atoms with Crippen LogP contribution in [0.3, 0.4) is 0 Å². The number of nitrogens with zero attached hydrogens (tertiary/aromatic N) is 1. The molecule has 1 aromatic carbocycles. The predicted octanol–water partition coefficient (Wildman–Crippen LogP) is 3.42. The number of hydrogen-bond donors (Lipinski definition) is 3. The van der Waals surface area contributed by atoms with Gasteiger partial charge < -0.3 is 16.0 Å². The van der Waals surface area contributed by atoms with Crippen LogP contribution in [0.1, 0.15) is 39.0 Å². The Hall–Kier alpha value is -2.25. The van der Waals surface area contributed by atoms with E-state index in [1.807, 2.05) is 45.0 Å². The van der Waals surface area contributed by atoms with Crippen molar-refractivity contribution in [3.63, 3.8) is 0 Å². The number of carbonyl (C=O) groups excluding carboxylic acids is 2. The highest BCUT2D eigenvalue weighted by atomic mass is 32.1. The van der Waals surface area contributed by atoms with Crippen LogP contribution >= 0.6 is 11.3 Å². The van der Waals surface area contributed by atoms with Crippen molar-refractivity contribution in [1.29, 1.82) is 0 Å². The summed E-state index contributed by atoms with van der Waals surface area (Å²) in [6, 6.07) is 7.76. The molecule has 3 N–H and O–H groups in total. The zero-order valence-electron chi connectivity index (χ0n) is 15.7. The number of benzene rings is 1. The summed E-state index contributed by atoms with van der Waals surface area (Å²) in [5.74, 6) is -0.232. The van der Waals surface area contributed by atoms with E-state index in [2.05, 4.69) is 27.9 Å². The van der Waals surface area contributed by atoms with E-state index in [0.29, 0.717) is 10.8 Å². The van der Waals surface area contributed by atoms with Crippen LogP contribution in [0.15, 0.2) is 29.6 Å². The van der Waals surface area contributed by atoms with Crippen molar-refractivity contribution in [3.8, 4) is 0 Å². The molecule has 6 nitrogen and oxygen atoms in total. The molecule has 7 heteroatoms. The van der Waals surface area contributed by atoms with E-state index in [9.17, 15) is 9.59 Å². The van der Waals surface area contributed by atoms with Gasteiger partial charge in [0.15, 0.2) is 5.13 Å². The second-order valence-electron chi connectivity index (χ2n) is 7.05. The standard InChI is InChI=1S/C19H26N4O2S/c1-5-20-11-13-7-6-8-14(9-13)21-16(24)10-15-12-26-18(22-15)23-17(25)19(2,3)4/h6-9,12,20H,5,10-11H2,1-4H3,(H,21,24)(H,22,23,25). The van der Waals surface area contributed by atoms with Crippen molar-refractivity contribution in [2.75, 3.05) is 17.2 Å². The topological polar surface area (TPSA) is 83.1 Å². The lowest BCUT2D eigenvalue weighted by atomic mass is 9.96. The first-order valence-electron chi connectivity index (χ1n) is 8.63. The molecule has 0 aliphatic carbocycles. The first-order chi connectivity index (χ1) is 12.3. The van der Waals surface area contributed by atoms with Gasteiger partial charge in [0.1, 0.15) is 0 Å². The van der Waals surface area contributed by atoms with Gasteiger partial charge in [-0.1, -0.05) is 39.8 Å². The Balaban J connectivity index is 1.91. The highest BCUT2D eigenvalue weighted by Gasteiger charge is 2.22. The van der Waals surface area contributed by atoms with Crippen molar-refractivity contribution in [1.82, 2.24) is 10.3 Å². The Morgan fingerprint density at radius 3 is 2.65 bits per heavy atom. The monoisotopic (exact) mass is 374 g/mol. The van der Waals surface area contributed by atoms with Gasteiger partial charge >= 0.3 is 0 Å². The molecular formula is C19H26N4O2S. The third kappa shape index (κ3) is 6.24. The van der Waals surface area contributed by atoms with Crippen LogP contribution in [0, 0.1) is 5.41 Å². The number of anilines is 2. The summed E-state index contributed by atoms with van der Waals surface area (Å²) in [4.78, 5) is 28.6. The van der Waals surface area contributed by atoms with Crippen molar-refractivity contribution in [2.45, 2.75) is 40.7 Å². The van der Waals surface area contributed by atoms with Gasteiger partial charge in [0, 0.05) is 23.0 Å². The largest absolute Gasteiger partial charge is 0.326 e. The number of aromatic nitrogens is 1. The lowest BCUT2D eigenvalue weighted by molar-refractivity contribution is -0.123. The molecule has 0 spiro atoms. The van der Waals surface area contributed by atoms with E-state index < -0.39 is 5.41 Å². The fourth-order valence-corrected chi connectivity index (χ4v) is 2.83. The Labute approximate surface area is 158 Å². The van der Waals surface area contributed by atoms with Gasteiger partial charge in [-0.25, -0.2) is 4.98 Å². The van der Waals surface area contributed by atoms with E-state index in [0.717, 1.165) is 24.3 Å². The number of rotatable bonds is 7. The van der Waals surface area contributed by atoms with Crippen molar-refractivity contribution in [3.05, 3.63) is 40.9 Å². The summed E-state index contributed by atoms with van der Waals surface area (Å²) in [7, 11) is 0. The molecule has 0 saturated carbocycles. The quantitative estimate of drug-likeness (QED) is 0.693. The lowest BCUT2D eigenvalue weighted by Gasteiger charge is -2.15. The van der Waals surface area contributed by atoms with E-state index >= 15 is 0 Å². The van der Waals surface area contributed by atoms with Crippen LogP contribution < -0.4 is 16.0 Å². The van der Waals surface area contributed by atoms with Gasteiger partial charge in [0.2, 0.25) is 11.8 Å². The first-order valence-corrected chi connectivity index (χ1v) is 9.51. The minimum absolute atomic E-state index is 0.0969. The van der Waals surface area contributed by atoms with E-state index in [1.54, 1.807) is 5.38 Å².